The summed E-state index contributed by atoms with van der Waals surface area (Å²) in [5.74, 6) is 0.281. The first kappa shape index (κ1) is 18.2. The highest BCUT2D eigenvalue weighted by Crippen LogP contribution is 2.30. The van der Waals surface area contributed by atoms with Gasteiger partial charge >= 0.3 is 0 Å². The molecule has 1 N–H and O–H groups in total. The summed E-state index contributed by atoms with van der Waals surface area (Å²) in [6.07, 6.45) is 0. The Bertz CT molecular complexity index is 884. The van der Waals surface area contributed by atoms with Gasteiger partial charge in [0.15, 0.2) is 0 Å². The average Bonchev–Trinajstić information content (AvgIpc) is 3.05. The van der Waals surface area contributed by atoms with E-state index in [-0.39, 0.29) is 11.2 Å². The van der Waals surface area contributed by atoms with E-state index >= 15 is 0 Å². The number of amides is 1. The summed E-state index contributed by atoms with van der Waals surface area (Å²) in [6, 6.07) is 15.0. The zero-order valence-corrected chi connectivity index (χ0v) is 17.1. The van der Waals surface area contributed by atoms with Gasteiger partial charge in [-0.3, -0.25) is 4.79 Å². The quantitative estimate of drug-likeness (QED) is 0.494. The SMILES string of the molecule is C[C@H](Sc1nnc(-c2ccccc2Br)o1)C(=O)Nc1ccc(Br)cc1. The van der Waals surface area contributed by atoms with Gasteiger partial charge in [0.05, 0.1) is 10.8 Å². The van der Waals surface area contributed by atoms with Crippen molar-refractivity contribution in [2.24, 2.45) is 0 Å². The second-order valence-corrected chi connectivity index (χ2v) is 8.17. The molecule has 0 saturated carbocycles. The van der Waals surface area contributed by atoms with Crippen LogP contribution in [0.2, 0.25) is 0 Å². The van der Waals surface area contributed by atoms with Crippen molar-refractivity contribution in [2.75, 3.05) is 5.32 Å². The summed E-state index contributed by atoms with van der Waals surface area (Å²) < 4.78 is 7.49. The van der Waals surface area contributed by atoms with Crippen LogP contribution >= 0.6 is 43.6 Å². The fourth-order valence-electron chi connectivity index (χ4n) is 1.98. The Hall–Kier alpha value is -1.64. The molecular weight excluding hydrogens is 470 g/mol. The predicted molar refractivity (Wildman–Crippen MR) is 106 cm³/mol. The second-order valence-electron chi connectivity index (χ2n) is 5.11. The number of anilines is 1. The van der Waals surface area contributed by atoms with Crippen LogP contribution in [-0.4, -0.2) is 21.4 Å². The van der Waals surface area contributed by atoms with Crippen molar-refractivity contribution >= 4 is 55.2 Å². The van der Waals surface area contributed by atoms with E-state index in [1.54, 1.807) is 6.92 Å². The monoisotopic (exact) mass is 481 g/mol. The lowest BCUT2D eigenvalue weighted by Gasteiger charge is -2.09. The van der Waals surface area contributed by atoms with Gasteiger partial charge in [-0.25, -0.2) is 0 Å². The molecule has 0 radical (unpaired) electrons. The van der Waals surface area contributed by atoms with E-state index in [4.69, 9.17) is 4.42 Å². The van der Waals surface area contributed by atoms with Gasteiger partial charge < -0.3 is 9.73 Å². The van der Waals surface area contributed by atoms with E-state index < -0.39 is 0 Å². The van der Waals surface area contributed by atoms with Gasteiger partial charge in [-0.1, -0.05) is 39.8 Å². The molecule has 1 aromatic heterocycles. The Balaban J connectivity index is 1.65. The first-order chi connectivity index (χ1) is 12.0. The zero-order chi connectivity index (χ0) is 17.8. The third-order valence-electron chi connectivity index (χ3n) is 3.27. The predicted octanol–water partition coefficient (Wildman–Crippen LogP) is 5.38. The normalized spacial score (nSPS) is 12.0. The van der Waals surface area contributed by atoms with Gasteiger partial charge in [-0.15, -0.1) is 10.2 Å². The van der Waals surface area contributed by atoms with Crippen molar-refractivity contribution in [3.05, 3.63) is 57.5 Å². The van der Waals surface area contributed by atoms with E-state index in [0.717, 1.165) is 20.2 Å². The smallest absolute Gasteiger partial charge is 0.277 e. The van der Waals surface area contributed by atoms with Crippen molar-refractivity contribution in [2.45, 2.75) is 17.4 Å². The van der Waals surface area contributed by atoms with Crippen LogP contribution in [0.25, 0.3) is 11.5 Å². The van der Waals surface area contributed by atoms with E-state index in [1.807, 2.05) is 48.5 Å². The maximum absolute atomic E-state index is 12.3. The molecule has 25 heavy (non-hydrogen) atoms. The first-order valence-electron chi connectivity index (χ1n) is 7.34. The van der Waals surface area contributed by atoms with Gasteiger partial charge in [0.1, 0.15) is 0 Å². The van der Waals surface area contributed by atoms with Crippen LogP contribution in [0.3, 0.4) is 0 Å². The Morgan fingerprint density at radius 1 is 1.12 bits per heavy atom. The minimum absolute atomic E-state index is 0.132. The average molecular weight is 483 g/mol. The highest BCUT2D eigenvalue weighted by Gasteiger charge is 2.19. The van der Waals surface area contributed by atoms with Gasteiger partial charge in [-0.2, -0.15) is 0 Å². The van der Waals surface area contributed by atoms with Gasteiger partial charge in [0, 0.05) is 14.6 Å². The van der Waals surface area contributed by atoms with Gasteiger partial charge in [0.25, 0.3) is 5.22 Å². The standard InChI is InChI=1S/C17H13Br2N3O2S/c1-10(15(23)20-12-8-6-11(18)7-9-12)25-17-22-21-16(24-17)13-4-2-3-5-14(13)19/h2-10H,1H3,(H,20,23)/t10-/m0/s1. The van der Waals surface area contributed by atoms with Crippen LogP contribution in [0, 0.1) is 0 Å². The molecule has 0 aliphatic rings. The summed E-state index contributed by atoms with van der Waals surface area (Å²) in [4.78, 5) is 12.3. The van der Waals surface area contributed by atoms with Crippen molar-refractivity contribution in [1.82, 2.24) is 10.2 Å². The number of carbonyl (C=O) groups is 1. The van der Waals surface area contributed by atoms with E-state index in [1.165, 1.54) is 11.8 Å². The Kier molecular flexibility index (Phi) is 5.93. The number of hydrogen-bond donors (Lipinski definition) is 1. The summed E-state index contributed by atoms with van der Waals surface area (Å²) >= 11 is 8.04. The molecule has 0 saturated heterocycles. The number of rotatable bonds is 5. The molecule has 3 aromatic rings. The van der Waals surface area contributed by atoms with Gasteiger partial charge in [0.2, 0.25) is 11.8 Å². The molecule has 0 unspecified atom stereocenters. The molecule has 5 nitrogen and oxygen atoms in total. The molecule has 0 aliphatic heterocycles. The maximum atomic E-state index is 12.3. The highest BCUT2D eigenvalue weighted by molar-refractivity contribution is 9.10. The summed E-state index contributed by atoms with van der Waals surface area (Å²) in [5, 5.41) is 10.9. The maximum Gasteiger partial charge on any atom is 0.277 e. The lowest BCUT2D eigenvalue weighted by molar-refractivity contribution is -0.115. The molecule has 2 aromatic carbocycles. The molecule has 128 valence electrons. The Morgan fingerprint density at radius 3 is 2.56 bits per heavy atom. The number of nitrogens with one attached hydrogen (secondary N) is 1. The molecule has 1 amide bonds. The van der Waals surface area contributed by atoms with Gasteiger partial charge in [-0.05, 0) is 59.3 Å². The van der Waals surface area contributed by atoms with Crippen molar-refractivity contribution in [3.8, 4) is 11.5 Å². The zero-order valence-electron chi connectivity index (χ0n) is 13.1. The van der Waals surface area contributed by atoms with Crippen molar-refractivity contribution in [3.63, 3.8) is 0 Å². The molecule has 3 rings (SSSR count). The largest absolute Gasteiger partial charge is 0.411 e. The third kappa shape index (κ3) is 4.71. The van der Waals surface area contributed by atoms with Crippen LogP contribution < -0.4 is 5.32 Å². The van der Waals surface area contributed by atoms with Crippen LogP contribution in [-0.2, 0) is 4.79 Å². The number of hydrogen-bond acceptors (Lipinski definition) is 5. The van der Waals surface area contributed by atoms with E-state index in [2.05, 4.69) is 47.4 Å². The first-order valence-corrected chi connectivity index (χ1v) is 9.81. The number of nitrogens with zero attached hydrogens (tertiary/aromatic N) is 2. The number of aromatic nitrogens is 2. The molecule has 1 atom stereocenters. The van der Waals surface area contributed by atoms with E-state index in [9.17, 15) is 4.79 Å². The molecular formula is C17H13Br2N3O2S. The second kappa shape index (κ2) is 8.16. The van der Waals surface area contributed by atoms with Crippen LogP contribution in [0.1, 0.15) is 6.92 Å². The molecule has 1 heterocycles. The Morgan fingerprint density at radius 2 is 1.84 bits per heavy atom. The minimum atomic E-state index is -0.379. The highest BCUT2D eigenvalue weighted by atomic mass is 79.9. The number of benzene rings is 2. The lowest BCUT2D eigenvalue weighted by atomic mass is 10.2. The van der Waals surface area contributed by atoms with Crippen LogP contribution in [0.15, 0.2) is 67.1 Å². The fourth-order valence-corrected chi connectivity index (χ4v) is 3.38. The number of carbonyl (C=O) groups excluding carboxylic acids is 1. The number of halogens is 2. The fraction of sp³-hybridized carbons (Fsp3) is 0.118. The molecule has 8 heteroatoms. The van der Waals surface area contributed by atoms with Crippen LogP contribution in [0.4, 0.5) is 5.69 Å². The summed E-state index contributed by atoms with van der Waals surface area (Å²) in [7, 11) is 0. The van der Waals surface area contributed by atoms with Crippen molar-refractivity contribution in [1.29, 1.82) is 0 Å². The minimum Gasteiger partial charge on any atom is -0.411 e. The van der Waals surface area contributed by atoms with E-state index in [0.29, 0.717) is 11.1 Å². The number of thioether (sulfide) groups is 1. The topological polar surface area (TPSA) is 68.0 Å². The van der Waals surface area contributed by atoms with Crippen molar-refractivity contribution < 1.29 is 9.21 Å². The molecule has 0 fully saturated rings. The molecule has 0 aliphatic carbocycles. The van der Waals surface area contributed by atoms with Crippen LogP contribution in [0.5, 0.6) is 0 Å². The third-order valence-corrected chi connectivity index (χ3v) is 5.42. The lowest BCUT2D eigenvalue weighted by Crippen LogP contribution is -2.22. The Labute approximate surface area is 165 Å². The molecule has 0 bridgehead atoms. The molecule has 0 spiro atoms. The summed E-state index contributed by atoms with van der Waals surface area (Å²) in [6.45, 7) is 1.79. The summed E-state index contributed by atoms with van der Waals surface area (Å²) in [5.41, 5.74) is 1.55.